The van der Waals surface area contributed by atoms with Crippen LogP contribution in [0.4, 0.5) is 11.8 Å². The molecule has 178 valence electrons. The van der Waals surface area contributed by atoms with Crippen LogP contribution >= 0.6 is 11.6 Å². The molecule has 2 fully saturated rings. The summed E-state index contributed by atoms with van der Waals surface area (Å²) in [7, 11) is 0. The van der Waals surface area contributed by atoms with Gasteiger partial charge in [0.2, 0.25) is 11.9 Å². The van der Waals surface area contributed by atoms with Crippen molar-refractivity contribution in [3.8, 4) is 0 Å². The van der Waals surface area contributed by atoms with Crippen LogP contribution in [0.3, 0.4) is 0 Å². The third kappa shape index (κ3) is 5.53. The van der Waals surface area contributed by atoms with E-state index < -0.39 is 0 Å². The lowest BCUT2D eigenvalue weighted by atomic mass is 9.86. The Morgan fingerprint density at radius 3 is 2.59 bits per heavy atom. The van der Waals surface area contributed by atoms with Crippen molar-refractivity contribution in [3.63, 3.8) is 0 Å². The molecule has 34 heavy (non-hydrogen) atoms. The smallest absolute Gasteiger partial charge is 0.228 e. The number of amides is 1. The zero-order valence-corrected chi connectivity index (χ0v) is 19.6. The monoisotopic (exact) mass is 481 g/mol. The highest BCUT2D eigenvalue weighted by atomic mass is 35.5. The maximum absolute atomic E-state index is 11.9. The van der Waals surface area contributed by atoms with E-state index in [0.717, 1.165) is 54.5 Å². The van der Waals surface area contributed by atoms with Gasteiger partial charge in [0.1, 0.15) is 11.3 Å². The number of hydrogen-bond donors (Lipinski definition) is 3. The van der Waals surface area contributed by atoms with Gasteiger partial charge < -0.3 is 20.7 Å². The lowest BCUT2D eigenvalue weighted by Crippen LogP contribution is -2.41. The molecule has 1 aliphatic heterocycles. The standard InChI is InChI=1S/C24H28ClN7O2/c25-22-21-17(7-8-26-22)3-6-20(32-21)31-19-4-1-15(2-5-19)9-28-24-29-11-16(12-30-24)10-27-23(33)18-13-34-14-18/h3,6-8,11-12,15,18-19H,1-2,4-5,9-10,13-14H2,(H,27,33)(H,31,32)(H,28,29,30)/t15-,19-. The molecule has 0 atom stereocenters. The van der Waals surface area contributed by atoms with E-state index in [4.69, 9.17) is 16.3 Å². The Bertz CT molecular complexity index is 1130. The molecule has 0 spiro atoms. The SMILES string of the molecule is O=C(NCc1cnc(NC[C@H]2CC[C@H](Nc3ccc4ccnc(Cl)c4n3)CC2)nc1)C1COC1. The van der Waals surface area contributed by atoms with Crippen molar-refractivity contribution in [1.82, 2.24) is 25.3 Å². The first-order chi connectivity index (χ1) is 16.6. The largest absolute Gasteiger partial charge is 0.380 e. The lowest BCUT2D eigenvalue weighted by molar-refractivity contribution is -0.139. The summed E-state index contributed by atoms with van der Waals surface area (Å²) in [4.78, 5) is 29.4. The summed E-state index contributed by atoms with van der Waals surface area (Å²) in [6.07, 6.45) is 9.61. The predicted molar refractivity (Wildman–Crippen MR) is 131 cm³/mol. The number of aromatic nitrogens is 4. The normalized spacial score (nSPS) is 20.5. The van der Waals surface area contributed by atoms with Gasteiger partial charge in [-0.15, -0.1) is 0 Å². The van der Waals surface area contributed by atoms with Gasteiger partial charge in [0, 0.05) is 48.7 Å². The summed E-state index contributed by atoms with van der Waals surface area (Å²) in [5.41, 5.74) is 1.61. The summed E-state index contributed by atoms with van der Waals surface area (Å²) in [6.45, 7) is 2.30. The number of fused-ring (bicyclic) bond motifs is 1. The molecule has 3 N–H and O–H groups in total. The van der Waals surface area contributed by atoms with Crippen molar-refractivity contribution in [2.75, 3.05) is 30.4 Å². The molecule has 5 rings (SSSR count). The van der Waals surface area contributed by atoms with Gasteiger partial charge in [-0.3, -0.25) is 4.79 Å². The molecule has 0 bridgehead atoms. The Morgan fingerprint density at radius 1 is 1.06 bits per heavy atom. The Kier molecular flexibility index (Phi) is 7.01. The van der Waals surface area contributed by atoms with Crippen LogP contribution in [0.1, 0.15) is 31.2 Å². The van der Waals surface area contributed by atoms with Gasteiger partial charge in [0.25, 0.3) is 0 Å². The molecule has 2 aliphatic rings. The molecule has 3 aromatic heterocycles. The molecule has 1 saturated carbocycles. The van der Waals surface area contributed by atoms with E-state index in [-0.39, 0.29) is 11.8 Å². The van der Waals surface area contributed by atoms with E-state index in [1.807, 2.05) is 18.2 Å². The van der Waals surface area contributed by atoms with E-state index in [9.17, 15) is 4.79 Å². The lowest BCUT2D eigenvalue weighted by Gasteiger charge is -2.29. The second-order valence-corrected chi connectivity index (χ2v) is 9.34. The van der Waals surface area contributed by atoms with E-state index in [1.165, 1.54) is 0 Å². The second-order valence-electron chi connectivity index (χ2n) is 8.98. The molecule has 0 aromatic carbocycles. The number of pyridine rings is 2. The Balaban J connectivity index is 1.04. The summed E-state index contributed by atoms with van der Waals surface area (Å²) < 4.78 is 5.04. The van der Waals surface area contributed by atoms with E-state index >= 15 is 0 Å². The van der Waals surface area contributed by atoms with E-state index in [0.29, 0.717) is 42.8 Å². The molecular weight excluding hydrogens is 454 g/mol. The predicted octanol–water partition coefficient (Wildman–Crippen LogP) is 3.42. The Morgan fingerprint density at radius 2 is 1.85 bits per heavy atom. The van der Waals surface area contributed by atoms with Gasteiger partial charge in [0.05, 0.1) is 19.1 Å². The summed E-state index contributed by atoms with van der Waals surface area (Å²) in [5.74, 6) is 2.04. The molecule has 1 amide bonds. The number of rotatable bonds is 8. The number of nitrogens with zero attached hydrogens (tertiary/aromatic N) is 4. The van der Waals surface area contributed by atoms with Gasteiger partial charge in [-0.2, -0.15) is 0 Å². The van der Waals surface area contributed by atoms with Gasteiger partial charge in [-0.25, -0.2) is 19.9 Å². The zero-order chi connectivity index (χ0) is 23.3. The van der Waals surface area contributed by atoms with Gasteiger partial charge in [0.15, 0.2) is 5.15 Å². The van der Waals surface area contributed by atoms with Crippen molar-refractivity contribution in [2.45, 2.75) is 38.3 Å². The van der Waals surface area contributed by atoms with Crippen LogP contribution in [0, 0.1) is 11.8 Å². The highest BCUT2D eigenvalue weighted by Gasteiger charge is 2.26. The minimum Gasteiger partial charge on any atom is -0.380 e. The van der Waals surface area contributed by atoms with Crippen molar-refractivity contribution in [3.05, 3.63) is 47.5 Å². The first-order valence-electron chi connectivity index (χ1n) is 11.7. The quantitative estimate of drug-likeness (QED) is 0.419. The molecule has 1 aliphatic carbocycles. The van der Waals surface area contributed by atoms with Crippen molar-refractivity contribution in [2.24, 2.45) is 11.8 Å². The molecule has 4 heterocycles. The average Bonchev–Trinajstić information content (AvgIpc) is 2.82. The van der Waals surface area contributed by atoms with Crippen LogP contribution in [-0.4, -0.2) is 51.6 Å². The first kappa shape index (κ1) is 22.7. The first-order valence-corrected chi connectivity index (χ1v) is 12.1. The van der Waals surface area contributed by atoms with Crippen molar-refractivity contribution in [1.29, 1.82) is 0 Å². The fraction of sp³-hybridized carbons (Fsp3) is 0.458. The number of hydrogen-bond acceptors (Lipinski definition) is 8. The topological polar surface area (TPSA) is 114 Å². The number of anilines is 2. The van der Waals surface area contributed by atoms with Crippen LogP contribution in [0.25, 0.3) is 10.9 Å². The van der Waals surface area contributed by atoms with Crippen molar-refractivity contribution >= 4 is 40.2 Å². The zero-order valence-electron chi connectivity index (χ0n) is 18.8. The number of carbonyl (C=O) groups is 1. The average molecular weight is 482 g/mol. The number of carbonyl (C=O) groups excluding carboxylic acids is 1. The molecule has 3 aromatic rings. The number of halogens is 1. The number of ether oxygens (including phenoxy) is 1. The molecule has 0 unspecified atom stereocenters. The molecular formula is C24H28ClN7O2. The van der Waals surface area contributed by atoms with Crippen molar-refractivity contribution < 1.29 is 9.53 Å². The minimum atomic E-state index is -0.0215. The maximum Gasteiger partial charge on any atom is 0.228 e. The Hall–Kier alpha value is -3.04. The fourth-order valence-corrected chi connectivity index (χ4v) is 4.52. The Labute approximate surface area is 203 Å². The van der Waals surface area contributed by atoms with Crippen LogP contribution in [0.5, 0.6) is 0 Å². The molecule has 10 heteroatoms. The van der Waals surface area contributed by atoms with Crippen LogP contribution in [-0.2, 0) is 16.1 Å². The summed E-state index contributed by atoms with van der Waals surface area (Å²) >= 11 is 6.19. The van der Waals surface area contributed by atoms with Crippen LogP contribution in [0.15, 0.2) is 36.8 Å². The molecule has 1 saturated heterocycles. The second kappa shape index (κ2) is 10.5. The highest BCUT2D eigenvalue weighted by Crippen LogP contribution is 2.27. The number of nitrogens with one attached hydrogen (secondary N) is 3. The van der Waals surface area contributed by atoms with Gasteiger partial charge >= 0.3 is 0 Å². The van der Waals surface area contributed by atoms with Gasteiger partial charge in [-0.05, 0) is 49.8 Å². The molecule has 0 radical (unpaired) electrons. The molecule has 9 nitrogen and oxygen atoms in total. The van der Waals surface area contributed by atoms with Crippen LogP contribution < -0.4 is 16.0 Å². The summed E-state index contributed by atoms with van der Waals surface area (Å²) in [5, 5.41) is 11.2. The third-order valence-electron chi connectivity index (χ3n) is 6.49. The fourth-order valence-electron chi connectivity index (χ4n) is 4.31. The third-order valence-corrected chi connectivity index (χ3v) is 6.77. The van der Waals surface area contributed by atoms with Crippen LogP contribution in [0.2, 0.25) is 5.15 Å². The summed E-state index contributed by atoms with van der Waals surface area (Å²) in [6, 6.07) is 6.34. The van der Waals surface area contributed by atoms with E-state index in [2.05, 4.69) is 35.9 Å². The van der Waals surface area contributed by atoms with Gasteiger partial charge in [-0.1, -0.05) is 11.6 Å². The minimum absolute atomic E-state index is 0.0215. The highest BCUT2D eigenvalue weighted by molar-refractivity contribution is 6.33. The maximum atomic E-state index is 11.9. The van der Waals surface area contributed by atoms with E-state index in [1.54, 1.807) is 18.6 Å².